The van der Waals surface area contributed by atoms with Gasteiger partial charge in [0, 0.05) is 12.6 Å². The largest absolute Gasteiger partial charge is 0.480 e. The van der Waals surface area contributed by atoms with Gasteiger partial charge in [0.05, 0.1) is 6.61 Å². The van der Waals surface area contributed by atoms with Crippen molar-refractivity contribution in [1.82, 2.24) is 9.80 Å². The first-order valence-electron chi connectivity index (χ1n) is 6.69. The molecular formula is C12H19F3N2O4. The number of carboxylic acid groups (broad SMARTS) is 1. The van der Waals surface area contributed by atoms with Gasteiger partial charge in [-0.1, -0.05) is 12.8 Å². The zero-order valence-corrected chi connectivity index (χ0v) is 11.5. The van der Waals surface area contributed by atoms with Crippen molar-refractivity contribution in [3.8, 4) is 0 Å². The molecule has 0 aromatic carbocycles. The highest BCUT2D eigenvalue weighted by Gasteiger charge is 2.37. The molecule has 2 N–H and O–H groups in total. The first-order valence-corrected chi connectivity index (χ1v) is 6.69. The van der Waals surface area contributed by atoms with Gasteiger partial charge in [-0.3, -0.25) is 4.79 Å². The van der Waals surface area contributed by atoms with E-state index in [1.807, 2.05) is 0 Å². The molecule has 0 saturated heterocycles. The van der Waals surface area contributed by atoms with Gasteiger partial charge >= 0.3 is 18.2 Å². The maximum atomic E-state index is 12.5. The molecule has 0 atom stereocenters. The maximum absolute atomic E-state index is 12.5. The van der Waals surface area contributed by atoms with E-state index in [-0.39, 0.29) is 24.1 Å². The highest BCUT2D eigenvalue weighted by atomic mass is 19.4. The molecule has 1 aliphatic carbocycles. The summed E-state index contributed by atoms with van der Waals surface area (Å²) in [6.45, 7) is -3.12. The van der Waals surface area contributed by atoms with Gasteiger partial charge in [-0.05, 0) is 12.8 Å². The van der Waals surface area contributed by atoms with Crippen LogP contribution < -0.4 is 0 Å². The number of urea groups is 1. The van der Waals surface area contributed by atoms with Gasteiger partial charge in [-0.15, -0.1) is 0 Å². The summed E-state index contributed by atoms with van der Waals surface area (Å²) < 4.78 is 37.5. The highest BCUT2D eigenvalue weighted by molar-refractivity contribution is 5.80. The molecule has 2 amide bonds. The monoisotopic (exact) mass is 312 g/mol. The van der Waals surface area contributed by atoms with Gasteiger partial charge in [0.25, 0.3) is 0 Å². The zero-order valence-electron chi connectivity index (χ0n) is 11.5. The Bertz CT molecular complexity index is 370. The Balaban J connectivity index is 2.85. The molecule has 1 aliphatic rings. The smallest absolute Gasteiger partial charge is 0.406 e. The normalized spacial score (nSPS) is 16.0. The number of nitrogens with zero attached hydrogens (tertiary/aromatic N) is 2. The van der Waals surface area contributed by atoms with Crippen LogP contribution >= 0.6 is 0 Å². The first-order chi connectivity index (χ1) is 9.74. The molecule has 21 heavy (non-hydrogen) atoms. The number of aliphatic hydroxyl groups is 1. The number of alkyl halides is 3. The minimum Gasteiger partial charge on any atom is -0.480 e. The third-order valence-electron chi connectivity index (χ3n) is 3.32. The van der Waals surface area contributed by atoms with Crippen LogP contribution in [-0.2, 0) is 4.79 Å². The number of aliphatic hydroxyl groups excluding tert-OH is 1. The zero-order chi connectivity index (χ0) is 16.0. The molecule has 0 bridgehead atoms. The van der Waals surface area contributed by atoms with Crippen molar-refractivity contribution in [1.29, 1.82) is 0 Å². The lowest BCUT2D eigenvalue weighted by Gasteiger charge is -2.33. The van der Waals surface area contributed by atoms with Crippen molar-refractivity contribution in [3.05, 3.63) is 0 Å². The van der Waals surface area contributed by atoms with E-state index in [0.717, 1.165) is 17.7 Å². The molecule has 0 aromatic rings. The molecule has 0 spiro atoms. The van der Waals surface area contributed by atoms with E-state index < -0.39 is 31.3 Å². The third-order valence-corrected chi connectivity index (χ3v) is 3.32. The fourth-order valence-corrected chi connectivity index (χ4v) is 2.51. The number of halogens is 3. The number of aliphatic carboxylic acids is 1. The first kappa shape index (κ1) is 17.5. The van der Waals surface area contributed by atoms with E-state index in [9.17, 15) is 22.8 Å². The standard InChI is InChI=1S/C12H19F3N2O4/c13-12(14,15)8-16(7-10(19)20)11(21)17(5-6-18)9-3-1-2-4-9/h9,18H,1-8H2,(H,19,20). The van der Waals surface area contributed by atoms with Crippen LogP contribution in [0, 0.1) is 0 Å². The van der Waals surface area contributed by atoms with Crippen LogP contribution in [0.3, 0.4) is 0 Å². The topological polar surface area (TPSA) is 81.1 Å². The van der Waals surface area contributed by atoms with Crippen LogP contribution in [0.4, 0.5) is 18.0 Å². The van der Waals surface area contributed by atoms with Crippen molar-refractivity contribution < 1.29 is 33.0 Å². The van der Waals surface area contributed by atoms with E-state index in [4.69, 9.17) is 10.2 Å². The second-order valence-corrected chi connectivity index (χ2v) is 5.00. The number of hydrogen-bond acceptors (Lipinski definition) is 3. The lowest BCUT2D eigenvalue weighted by molar-refractivity contribution is -0.150. The van der Waals surface area contributed by atoms with E-state index in [1.165, 1.54) is 0 Å². The fraction of sp³-hybridized carbons (Fsp3) is 0.833. The van der Waals surface area contributed by atoms with Crippen LogP contribution in [-0.4, -0.2) is 70.5 Å². The summed E-state index contributed by atoms with van der Waals surface area (Å²) in [7, 11) is 0. The van der Waals surface area contributed by atoms with Crippen molar-refractivity contribution in [2.45, 2.75) is 37.9 Å². The van der Waals surface area contributed by atoms with Crippen molar-refractivity contribution in [3.63, 3.8) is 0 Å². The quantitative estimate of drug-likeness (QED) is 0.774. The molecule has 0 radical (unpaired) electrons. The summed E-state index contributed by atoms with van der Waals surface area (Å²) in [6.07, 6.45) is -1.65. The van der Waals surface area contributed by atoms with Crippen LogP contribution in [0.25, 0.3) is 0 Å². The number of amides is 2. The van der Waals surface area contributed by atoms with Gasteiger partial charge < -0.3 is 20.0 Å². The Morgan fingerprint density at radius 1 is 1.19 bits per heavy atom. The second kappa shape index (κ2) is 7.48. The van der Waals surface area contributed by atoms with E-state index >= 15 is 0 Å². The summed E-state index contributed by atoms with van der Waals surface area (Å²) in [5.74, 6) is -1.51. The Morgan fingerprint density at radius 2 is 1.76 bits per heavy atom. The second-order valence-electron chi connectivity index (χ2n) is 5.00. The summed E-state index contributed by atoms with van der Waals surface area (Å²) in [5.41, 5.74) is 0. The Labute approximate surface area is 120 Å². The summed E-state index contributed by atoms with van der Waals surface area (Å²) >= 11 is 0. The molecule has 9 heteroatoms. The molecule has 0 aromatic heterocycles. The fourth-order valence-electron chi connectivity index (χ4n) is 2.51. The molecule has 122 valence electrons. The van der Waals surface area contributed by atoms with Gasteiger partial charge in [0.2, 0.25) is 0 Å². The molecule has 1 fully saturated rings. The molecule has 6 nitrogen and oxygen atoms in total. The highest BCUT2D eigenvalue weighted by Crippen LogP contribution is 2.25. The lowest BCUT2D eigenvalue weighted by atomic mass is 10.2. The number of carboxylic acids is 1. The number of carbonyl (C=O) groups excluding carboxylic acids is 1. The van der Waals surface area contributed by atoms with Crippen molar-refractivity contribution in [2.75, 3.05) is 26.2 Å². The summed E-state index contributed by atoms with van der Waals surface area (Å²) in [5, 5.41) is 17.7. The predicted octanol–water partition coefficient (Wildman–Crippen LogP) is 1.29. The molecule has 0 heterocycles. The Morgan fingerprint density at radius 3 is 2.19 bits per heavy atom. The van der Waals surface area contributed by atoms with E-state index in [2.05, 4.69) is 0 Å². The molecular weight excluding hydrogens is 293 g/mol. The summed E-state index contributed by atoms with van der Waals surface area (Å²) in [6, 6.07) is -1.23. The SMILES string of the molecule is O=C(O)CN(CC(F)(F)F)C(=O)N(CCO)C1CCCC1. The van der Waals surface area contributed by atoms with Crippen molar-refractivity contribution in [2.24, 2.45) is 0 Å². The average Bonchev–Trinajstić information content (AvgIpc) is 2.85. The van der Waals surface area contributed by atoms with Gasteiger partial charge in [0.1, 0.15) is 13.1 Å². The van der Waals surface area contributed by atoms with Crippen molar-refractivity contribution >= 4 is 12.0 Å². The van der Waals surface area contributed by atoms with Gasteiger partial charge in [0.15, 0.2) is 0 Å². The third kappa shape index (κ3) is 5.78. The number of hydrogen-bond donors (Lipinski definition) is 2. The predicted molar refractivity (Wildman–Crippen MR) is 66.7 cm³/mol. The minimum atomic E-state index is -4.67. The molecule has 1 rings (SSSR count). The van der Waals surface area contributed by atoms with Crippen LogP contribution in [0.2, 0.25) is 0 Å². The van der Waals surface area contributed by atoms with E-state index in [1.54, 1.807) is 0 Å². The van der Waals surface area contributed by atoms with Gasteiger partial charge in [-0.2, -0.15) is 13.2 Å². The Hall–Kier alpha value is -1.51. The Kier molecular flexibility index (Phi) is 6.25. The van der Waals surface area contributed by atoms with Crippen LogP contribution in [0.15, 0.2) is 0 Å². The molecule has 1 saturated carbocycles. The number of rotatable bonds is 6. The van der Waals surface area contributed by atoms with Crippen LogP contribution in [0.1, 0.15) is 25.7 Å². The summed E-state index contributed by atoms with van der Waals surface area (Å²) in [4.78, 5) is 24.3. The molecule has 0 aliphatic heterocycles. The lowest BCUT2D eigenvalue weighted by Crippen LogP contribution is -2.52. The minimum absolute atomic E-state index is 0.0997. The average molecular weight is 312 g/mol. The maximum Gasteiger partial charge on any atom is 0.406 e. The molecule has 0 unspecified atom stereocenters. The van der Waals surface area contributed by atoms with Gasteiger partial charge in [-0.25, -0.2) is 4.79 Å². The van der Waals surface area contributed by atoms with Crippen LogP contribution in [0.5, 0.6) is 0 Å². The number of carbonyl (C=O) groups is 2. The van der Waals surface area contributed by atoms with E-state index in [0.29, 0.717) is 12.8 Å².